The molecule has 2 amide bonds. The third kappa shape index (κ3) is 4.70. The number of nitriles is 1. The van der Waals surface area contributed by atoms with E-state index in [0.29, 0.717) is 22.5 Å². The minimum absolute atomic E-state index is 0.0660. The highest BCUT2D eigenvalue weighted by atomic mass is 16.2. The molecule has 0 saturated heterocycles. The summed E-state index contributed by atoms with van der Waals surface area (Å²) in [5.41, 5.74) is 2.13. The number of hydrogen-bond donors (Lipinski definition) is 2. The van der Waals surface area contributed by atoms with Crippen molar-refractivity contribution < 1.29 is 14.4 Å². The van der Waals surface area contributed by atoms with Crippen LogP contribution in [-0.4, -0.2) is 22.6 Å². The number of para-hydroxylation sites is 1. The molecule has 0 aliphatic heterocycles. The first-order chi connectivity index (χ1) is 14.0. The van der Waals surface area contributed by atoms with Gasteiger partial charge in [0.15, 0.2) is 5.78 Å². The third-order valence-corrected chi connectivity index (χ3v) is 4.11. The molecule has 2 aromatic carbocycles. The first kappa shape index (κ1) is 19.5. The zero-order chi connectivity index (χ0) is 20.8. The number of nitrogens with zero attached hydrogens (tertiary/aromatic N) is 2. The second kappa shape index (κ2) is 8.59. The molecule has 142 valence electrons. The Hall–Kier alpha value is -4.31. The van der Waals surface area contributed by atoms with Gasteiger partial charge in [0, 0.05) is 23.6 Å². The van der Waals surface area contributed by atoms with Gasteiger partial charge >= 0.3 is 0 Å². The van der Waals surface area contributed by atoms with Gasteiger partial charge in [0.05, 0.1) is 22.4 Å². The lowest BCUT2D eigenvalue weighted by molar-refractivity contribution is 0.101. The van der Waals surface area contributed by atoms with Crippen LogP contribution < -0.4 is 10.6 Å². The van der Waals surface area contributed by atoms with Gasteiger partial charge in [0.1, 0.15) is 6.07 Å². The Morgan fingerprint density at radius 2 is 1.48 bits per heavy atom. The normalized spacial score (nSPS) is 9.93. The minimum atomic E-state index is -0.485. The van der Waals surface area contributed by atoms with E-state index in [1.165, 1.54) is 25.4 Å². The average Bonchev–Trinajstić information content (AvgIpc) is 2.74. The monoisotopic (exact) mass is 384 g/mol. The molecular weight excluding hydrogens is 368 g/mol. The molecule has 7 heteroatoms. The maximum absolute atomic E-state index is 12.5. The summed E-state index contributed by atoms with van der Waals surface area (Å²) in [4.78, 5) is 40.2. The molecule has 3 aromatic rings. The Balaban J connectivity index is 1.74. The molecule has 0 fully saturated rings. The van der Waals surface area contributed by atoms with E-state index in [4.69, 9.17) is 5.26 Å². The van der Waals surface area contributed by atoms with E-state index in [9.17, 15) is 14.4 Å². The third-order valence-electron chi connectivity index (χ3n) is 4.11. The molecule has 0 unspecified atom stereocenters. The van der Waals surface area contributed by atoms with Gasteiger partial charge in [-0.3, -0.25) is 19.4 Å². The highest BCUT2D eigenvalue weighted by Gasteiger charge is 2.13. The van der Waals surface area contributed by atoms with Gasteiger partial charge in [0.25, 0.3) is 11.8 Å². The standard InChI is InChI=1S/C22H16N4O3/c1-14(27)15-6-8-19(9-7-15)25-21(28)17-10-18(13-24-12-17)22(29)26-20-5-3-2-4-16(20)11-23/h2-10,12-13H,1H3,(H,25,28)(H,26,29). The molecule has 1 heterocycles. The van der Waals surface area contributed by atoms with Crippen molar-refractivity contribution in [3.05, 3.63) is 89.2 Å². The average molecular weight is 384 g/mol. The number of Topliss-reactive ketones (excluding diaryl/α,β-unsaturated/α-hetero) is 1. The van der Waals surface area contributed by atoms with E-state index in [1.807, 2.05) is 6.07 Å². The molecular formula is C22H16N4O3. The van der Waals surface area contributed by atoms with Gasteiger partial charge in [-0.2, -0.15) is 5.26 Å². The minimum Gasteiger partial charge on any atom is -0.322 e. The fourth-order valence-corrected chi connectivity index (χ4v) is 2.56. The number of pyridine rings is 1. The van der Waals surface area contributed by atoms with Gasteiger partial charge < -0.3 is 10.6 Å². The molecule has 3 rings (SSSR count). The molecule has 0 spiro atoms. The quantitative estimate of drug-likeness (QED) is 0.652. The van der Waals surface area contributed by atoms with Crippen LogP contribution in [0.15, 0.2) is 67.0 Å². The summed E-state index contributed by atoms with van der Waals surface area (Å²) in [6.45, 7) is 1.46. The van der Waals surface area contributed by atoms with Crippen LogP contribution in [-0.2, 0) is 0 Å². The Kier molecular flexibility index (Phi) is 5.76. The van der Waals surface area contributed by atoms with Crippen LogP contribution in [0.5, 0.6) is 0 Å². The second-order valence-electron chi connectivity index (χ2n) is 6.16. The molecule has 1 aromatic heterocycles. The van der Waals surface area contributed by atoms with E-state index in [1.54, 1.807) is 48.5 Å². The SMILES string of the molecule is CC(=O)c1ccc(NC(=O)c2cncc(C(=O)Nc3ccccc3C#N)c2)cc1. The van der Waals surface area contributed by atoms with Crippen molar-refractivity contribution in [2.45, 2.75) is 6.92 Å². The highest BCUT2D eigenvalue weighted by Crippen LogP contribution is 2.16. The van der Waals surface area contributed by atoms with Crippen LogP contribution in [0.1, 0.15) is 43.6 Å². The summed E-state index contributed by atoms with van der Waals surface area (Å²) in [6.07, 6.45) is 2.68. The number of nitrogens with one attached hydrogen (secondary N) is 2. The second-order valence-corrected chi connectivity index (χ2v) is 6.16. The fourth-order valence-electron chi connectivity index (χ4n) is 2.56. The maximum atomic E-state index is 12.5. The number of benzene rings is 2. The summed E-state index contributed by atoms with van der Waals surface area (Å²) in [6, 6.07) is 16.5. The Labute approximate surface area is 167 Å². The molecule has 0 aliphatic rings. The lowest BCUT2D eigenvalue weighted by Gasteiger charge is -2.09. The number of rotatable bonds is 5. The number of carbonyl (C=O) groups is 3. The molecule has 0 bridgehead atoms. The van der Waals surface area contributed by atoms with Crippen LogP contribution in [0.25, 0.3) is 0 Å². The van der Waals surface area contributed by atoms with Crippen molar-refractivity contribution >= 4 is 29.0 Å². The smallest absolute Gasteiger partial charge is 0.257 e. The number of ketones is 1. The molecule has 0 radical (unpaired) electrons. The van der Waals surface area contributed by atoms with E-state index >= 15 is 0 Å². The van der Waals surface area contributed by atoms with Crippen molar-refractivity contribution in [2.24, 2.45) is 0 Å². The van der Waals surface area contributed by atoms with Crippen molar-refractivity contribution in [3.63, 3.8) is 0 Å². The van der Waals surface area contributed by atoms with E-state index in [0.717, 1.165) is 0 Å². The summed E-state index contributed by atoms with van der Waals surface area (Å²) < 4.78 is 0. The largest absolute Gasteiger partial charge is 0.322 e. The first-order valence-corrected chi connectivity index (χ1v) is 8.66. The van der Waals surface area contributed by atoms with Crippen LogP contribution >= 0.6 is 0 Å². The number of aromatic nitrogens is 1. The first-order valence-electron chi connectivity index (χ1n) is 8.66. The molecule has 7 nitrogen and oxygen atoms in total. The summed E-state index contributed by atoms with van der Waals surface area (Å²) >= 11 is 0. The van der Waals surface area contributed by atoms with Gasteiger partial charge in [0.2, 0.25) is 0 Å². The summed E-state index contributed by atoms with van der Waals surface area (Å²) in [5.74, 6) is -0.996. The number of anilines is 2. The lowest BCUT2D eigenvalue weighted by Crippen LogP contribution is -2.16. The van der Waals surface area contributed by atoms with Gasteiger partial charge in [-0.1, -0.05) is 12.1 Å². The molecule has 0 atom stereocenters. The van der Waals surface area contributed by atoms with E-state index in [-0.39, 0.29) is 16.9 Å². The predicted molar refractivity (Wildman–Crippen MR) is 108 cm³/mol. The molecule has 0 saturated carbocycles. The van der Waals surface area contributed by atoms with Gasteiger partial charge in [-0.15, -0.1) is 0 Å². The summed E-state index contributed by atoms with van der Waals surface area (Å²) in [7, 11) is 0. The molecule has 29 heavy (non-hydrogen) atoms. The highest BCUT2D eigenvalue weighted by molar-refractivity contribution is 6.08. The lowest BCUT2D eigenvalue weighted by atomic mass is 10.1. The summed E-state index contributed by atoms with van der Waals surface area (Å²) in [5, 5.41) is 14.5. The van der Waals surface area contributed by atoms with Crippen LogP contribution in [0.2, 0.25) is 0 Å². The van der Waals surface area contributed by atoms with Crippen molar-refractivity contribution in [2.75, 3.05) is 10.6 Å². The van der Waals surface area contributed by atoms with Crippen LogP contribution in [0.3, 0.4) is 0 Å². The van der Waals surface area contributed by atoms with E-state index in [2.05, 4.69) is 15.6 Å². The van der Waals surface area contributed by atoms with Gasteiger partial charge in [-0.25, -0.2) is 0 Å². The molecule has 2 N–H and O–H groups in total. The molecule has 0 aliphatic carbocycles. The Bertz CT molecular complexity index is 1130. The topological polar surface area (TPSA) is 112 Å². The van der Waals surface area contributed by atoms with Crippen molar-refractivity contribution in [1.82, 2.24) is 4.98 Å². The Morgan fingerprint density at radius 1 is 0.862 bits per heavy atom. The maximum Gasteiger partial charge on any atom is 0.257 e. The predicted octanol–water partition coefficient (Wildman–Crippen LogP) is 3.66. The van der Waals surface area contributed by atoms with Crippen molar-refractivity contribution in [3.8, 4) is 6.07 Å². The Morgan fingerprint density at radius 3 is 2.10 bits per heavy atom. The number of amides is 2. The van der Waals surface area contributed by atoms with Crippen molar-refractivity contribution in [1.29, 1.82) is 5.26 Å². The van der Waals surface area contributed by atoms with Gasteiger partial charge in [-0.05, 0) is 49.4 Å². The zero-order valence-corrected chi connectivity index (χ0v) is 15.5. The van der Waals surface area contributed by atoms with E-state index < -0.39 is 11.8 Å². The fraction of sp³-hybridized carbons (Fsp3) is 0.0455. The zero-order valence-electron chi connectivity index (χ0n) is 15.5. The van der Waals surface area contributed by atoms with Crippen LogP contribution in [0, 0.1) is 11.3 Å². The number of hydrogen-bond acceptors (Lipinski definition) is 5. The number of carbonyl (C=O) groups excluding carboxylic acids is 3. The van der Waals surface area contributed by atoms with Crippen LogP contribution in [0.4, 0.5) is 11.4 Å².